The number of para-hydroxylation sites is 1. The first kappa shape index (κ1) is 18.3. The summed E-state index contributed by atoms with van der Waals surface area (Å²) >= 11 is 2.95. The quantitative estimate of drug-likeness (QED) is 0.269. The molecule has 28 heavy (non-hydrogen) atoms. The Bertz CT molecular complexity index is 1190. The fourth-order valence-electron chi connectivity index (χ4n) is 2.71. The minimum Gasteiger partial charge on any atom is -0.493 e. The fraction of sp³-hybridized carbons (Fsp3) is 0.0952. The molecule has 0 saturated heterocycles. The number of rotatable bonds is 6. The van der Waals surface area contributed by atoms with E-state index in [1.165, 1.54) is 23.1 Å². The number of aromatic nitrogens is 2. The summed E-state index contributed by atoms with van der Waals surface area (Å²) in [5.74, 6) is 1.35. The van der Waals surface area contributed by atoms with Crippen LogP contribution in [0.2, 0.25) is 0 Å². The van der Waals surface area contributed by atoms with E-state index in [2.05, 4.69) is 6.07 Å². The van der Waals surface area contributed by atoms with Gasteiger partial charge in [0, 0.05) is 5.75 Å². The van der Waals surface area contributed by atoms with E-state index in [0.29, 0.717) is 34.2 Å². The van der Waals surface area contributed by atoms with Crippen LogP contribution in [-0.4, -0.2) is 21.9 Å². The number of benzene rings is 2. The first-order chi connectivity index (χ1) is 13.8. The van der Waals surface area contributed by atoms with Gasteiger partial charge in [0.1, 0.15) is 10.6 Å². The van der Waals surface area contributed by atoms with Crippen LogP contribution in [0.3, 0.4) is 0 Å². The molecule has 0 unspecified atom stereocenters. The van der Waals surface area contributed by atoms with Crippen molar-refractivity contribution in [1.29, 1.82) is 5.26 Å². The molecule has 0 atom stereocenters. The SMILES string of the molecule is N#Cc1ccc(OCCSc2nc3sccc3c(=O)n2-c2ccccc2)cc1. The van der Waals surface area contributed by atoms with E-state index in [1.807, 2.05) is 41.8 Å². The molecule has 0 aliphatic carbocycles. The van der Waals surface area contributed by atoms with Crippen LogP contribution in [0.5, 0.6) is 5.75 Å². The molecule has 0 bridgehead atoms. The van der Waals surface area contributed by atoms with E-state index >= 15 is 0 Å². The van der Waals surface area contributed by atoms with Crippen molar-refractivity contribution in [2.75, 3.05) is 12.4 Å². The largest absolute Gasteiger partial charge is 0.493 e. The van der Waals surface area contributed by atoms with E-state index in [-0.39, 0.29) is 5.56 Å². The van der Waals surface area contributed by atoms with Gasteiger partial charge >= 0.3 is 0 Å². The predicted molar refractivity (Wildman–Crippen MR) is 113 cm³/mol. The predicted octanol–water partition coefficient (Wildman–Crippen LogP) is 4.49. The normalized spacial score (nSPS) is 10.7. The molecule has 138 valence electrons. The van der Waals surface area contributed by atoms with Crippen molar-refractivity contribution in [2.24, 2.45) is 0 Å². The lowest BCUT2D eigenvalue weighted by Crippen LogP contribution is -2.21. The summed E-state index contributed by atoms with van der Waals surface area (Å²) < 4.78 is 7.39. The van der Waals surface area contributed by atoms with E-state index in [4.69, 9.17) is 15.0 Å². The van der Waals surface area contributed by atoms with Gasteiger partial charge in [0.15, 0.2) is 5.16 Å². The van der Waals surface area contributed by atoms with E-state index < -0.39 is 0 Å². The third-order valence-corrected chi connectivity index (χ3v) is 5.76. The van der Waals surface area contributed by atoms with Gasteiger partial charge in [-0.2, -0.15) is 5.26 Å². The lowest BCUT2D eigenvalue weighted by molar-refractivity contribution is 0.344. The summed E-state index contributed by atoms with van der Waals surface area (Å²) in [6.45, 7) is 0.462. The molecule has 5 nitrogen and oxygen atoms in total. The van der Waals surface area contributed by atoms with Crippen LogP contribution in [0.15, 0.2) is 76.0 Å². The van der Waals surface area contributed by atoms with Crippen molar-refractivity contribution < 1.29 is 4.74 Å². The van der Waals surface area contributed by atoms with Crippen LogP contribution in [0.1, 0.15) is 5.56 Å². The first-order valence-corrected chi connectivity index (χ1v) is 10.4. The Morgan fingerprint density at radius 1 is 1.11 bits per heavy atom. The van der Waals surface area contributed by atoms with Crippen LogP contribution in [0.4, 0.5) is 0 Å². The highest BCUT2D eigenvalue weighted by Gasteiger charge is 2.14. The van der Waals surface area contributed by atoms with Crippen LogP contribution in [-0.2, 0) is 0 Å². The van der Waals surface area contributed by atoms with Crippen LogP contribution in [0.25, 0.3) is 15.9 Å². The lowest BCUT2D eigenvalue weighted by atomic mass is 10.2. The molecule has 0 spiro atoms. The van der Waals surface area contributed by atoms with E-state index in [9.17, 15) is 4.79 Å². The van der Waals surface area contributed by atoms with E-state index in [0.717, 1.165) is 10.5 Å². The summed E-state index contributed by atoms with van der Waals surface area (Å²) in [5.41, 5.74) is 1.33. The van der Waals surface area contributed by atoms with E-state index in [1.54, 1.807) is 28.8 Å². The Labute approximate surface area is 169 Å². The van der Waals surface area contributed by atoms with Crippen LogP contribution in [0, 0.1) is 11.3 Å². The van der Waals surface area contributed by atoms with Crippen LogP contribution < -0.4 is 10.3 Å². The number of ether oxygens (including phenoxy) is 1. The second-order valence-electron chi connectivity index (χ2n) is 5.84. The number of thiophene rings is 1. The standard InChI is InChI=1S/C21H15N3O2S2/c22-14-15-6-8-17(9-7-15)26-11-13-28-21-23-19-18(10-12-27-19)20(25)24(21)16-4-2-1-3-5-16/h1-10,12H,11,13H2. The molecular weight excluding hydrogens is 390 g/mol. The Morgan fingerprint density at radius 2 is 1.89 bits per heavy atom. The molecule has 0 radical (unpaired) electrons. The highest BCUT2D eigenvalue weighted by atomic mass is 32.2. The molecular formula is C21H15N3O2S2. The molecule has 7 heteroatoms. The monoisotopic (exact) mass is 405 g/mol. The minimum atomic E-state index is -0.0621. The molecule has 0 aliphatic heterocycles. The molecule has 0 N–H and O–H groups in total. The highest BCUT2D eigenvalue weighted by Crippen LogP contribution is 2.24. The maximum Gasteiger partial charge on any atom is 0.267 e. The molecule has 2 aromatic heterocycles. The Kier molecular flexibility index (Phi) is 5.42. The van der Waals surface area contributed by atoms with Crippen molar-refractivity contribution in [1.82, 2.24) is 9.55 Å². The van der Waals surface area contributed by atoms with Crippen molar-refractivity contribution in [3.05, 3.63) is 82.0 Å². The fourth-order valence-corrected chi connectivity index (χ4v) is 4.35. The summed E-state index contributed by atoms with van der Waals surface area (Å²) in [4.78, 5) is 18.4. The number of fused-ring (bicyclic) bond motifs is 1. The van der Waals surface area contributed by atoms with Gasteiger partial charge in [-0.1, -0.05) is 30.0 Å². The molecule has 0 fully saturated rings. The van der Waals surface area contributed by atoms with Gasteiger partial charge in [-0.25, -0.2) is 4.98 Å². The molecule has 4 aromatic rings. The third-order valence-electron chi connectivity index (χ3n) is 4.05. The zero-order chi connectivity index (χ0) is 19.3. The topological polar surface area (TPSA) is 67.9 Å². The minimum absolute atomic E-state index is 0.0621. The van der Waals surface area contributed by atoms with Gasteiger partial charge in [-0.05, 0) is 47.8 Å². The van der Waals surface area contributed by atoms with Gasteiger partial charge in [-0.15, -0.1) is 11.3 Å². The lowest BCUT2D eigenvalue weighted by Gasteiger charge is -2.12. The molecule has 4 rings (SSSR count). The zero-order valence-electron chi connectivity index (χ0n) is 14.7. The maximum absolute atomic E-state index is 13.0. The Balaban J connectivity index is 1.54. The average Bonchev–Trinajstić information content (AvgIpc) is 3.21. The molecule has 0 saturated carbocycles. The van der Waals surface area contributed by atoms with Crippen molar-refractivity contribution in [3.63, 3.8) is 0 Å². The Morgan fingerprint density at radius 3 is 2.64 bits per heavy atom. The third kappa shape index (κ3) is 3.79. The summed E-state index contributed by atoms with van der Waals surface area (Å²) in [6, 6.07) is 20.4. The molecule has 0 aliphatic rings. The van der Waals surface area contributed by atoms with Crippen molar-refractivity contribution in [2.45, 2.75) is 5.16 Å². The first-order valence-electron chi connectivity index (χ1n) is 8.58. The Hall–Kier alpha value is -3.08. The smallest absolute Gasteiger partial charge is 0.267 e. The second kappa shape index (κ2) is 8.30. The summed E-state index contributed by atoms with van der Waals surface area (Å²) in [5, 5.41) is 12.0. The number of hydrogen-bond acceptors (Lipinski definition) is 6. The molecule has 0 amide bonds. The van der Waals surface area contributed by atoms with Crippen LogP contribution >= 0.6 is 23.1 Å². The second-order valence-corrected chi connectivity index (χ2v) is 7.80. The van der Waals surface area contributed by atoms with Crippen molar-refractivity contribution >= 4 is 33.3 Å². The van der Waals surface area contributed by atoms with Gasteiger partial charge in [0.05, 0.1) is 29.3 Å². The maximum atomic E-state index is 13.0. The number of hydrogen-bond donors (Lipinski definition) is 0. The van der Waals surface area contributed by atoms with Gasteiger partial charge in [-0.3, -0.25) is 9.36 Å². The summed E-state index contributed by atoms with van der Waals surface area (Å²) in [6.07, 6.45) is 0. The van der Waals surface area contributed by atoms with Gasteiger partial charge in [0.25, 0.3) is 5.56 Å². The number of thioether (sulfide) groups is 1. The molecule has 2 heterocycles. The number of nitriles is 1. The zero-order valence-corrected chi connectivity index (χ0v) is 16.4. The number of nitrogens with zero attached hydrogens (tertiary/aromatic N) is 3. The average molecular weight is 406 g/mol. The van der Waals surface area contributed by atoms with Gasteiger partial charge < -0.3 is 4.74 Å². The van der Waals surface area contributed by atoms with Gasteiger partial charge in [0.2, 0.25) is 0 Å². The highest BCUT2D eigenvalue weighted by molar-refractivity contribution is 7.99. The molecule has 2 aromatic carbocycles. The van der Waals surface area contributed by atoms with Crippen molar-refractivity contribution in [3.8, 4) is 17.5 Å². The summed E-state index contributed by atoms with van der Waals surface area (Å²) in [7, 11) is 0.